The largest absolute Gasteiger partial charge is 0.497 e. The fourth-order valence-corrected chi connectivity index (χ4v) is 6.59. The SMILES string of the molecule is COc1ccc(N(Cc2ccnc(-c3ccccc3C(C)C)c2)C2CCN(CC3=CC(c4ccccc4F)NC=C3)CC2)cc1. The molecular weight excluding hydrogens is 559 g/mol. The predicted molar refractivity (Wildman–Crippen MR) is 182 cm³/mol. The van der Waals surface area contributed by atoms with Crippen molar-refractivity contribution in [1.82, 2.24) is 15.2 Å². The highest BCUT2D eigenvalue weighted by molar-refractivity contribution is 5.65. The van der Waals surface area contributed by atoms with Gasteiger partial charge in [0, 0.05) is 55.2 Å². The van der Waals surface area contributed by atoms with E-state index in [1.807, 2.05) is 24.5 Å². The van der Waals surface area contributed by atoms with Crippen molar-refractivity contribution in [3.05, 3.63) is 138 Å². The highest BCUT2D eigenvalue weighted by atomic mass is 19.1. The summed E-state index contributed by atoms with van der Waals surface area (Å²) in [5.74, 6) is 1.11. The van der Waals surface area contributed by atoms with Gasteiger partial charge in [-0.25, -0.2) is 4.39 Å². The summed E-state index contributed by atoms with van der Waals surface area (Å²) < 4.78 is 19.9. The third-order valence-corrected chi connectivity index (χ3v) is 9.04. The first kappa shape index (κ1) is 30.6. The molecule has 1 unspecified atom stereocenters. The minimum absolute atomic E-state index is 0.146. The number of piperidine rings is 1. The summed E-state index contributed by atoms with van der Waals surface area (Å²) in [6, 6.07) is 28.7. The number of ether oxygens (including phenoxy) is 1. The van der Waals surface area contributed by atoms with Gasteiger partial charge in [0.05, 0.1) is 18.8 Å². The van der Waals surface area contributed by atoms with Crippen molar-refractivity contribution in [2.24, 2.45) is 0 Å². The maximum absolute atomic E-state index is 14.5. The smallest absolute Gasteiger partial charge is 0.128 e. The topological polar surface area (TPSA) is 40.6 Å². The van der Waals surface area contributed by atoms with Crippen LogP contribution in [0.5, 0.6) is 5.75 Å². The van der Waals surface area contributed by atoms with E-state index in [0.717, 1.165) is 50.5 Å². The lowest BCUT2D eigenvalue weighted by atomic mass is 9.94. The quantitative estimate of drug-likeness (QED) is 0.198. The number of methoxy groups -OCH3 is 1. The molecular formula is C39H43FN4O. The molecule has 0 aliphatic carbocycles. The number of aromatic nitrogens is 1. The van der Waals surface area contributed by atoms with Crippen molar-refractivity contribution in [3.8, 4) is 17.0 Å². The highest BCUT2D eigenvalue weighted by Crippen LogP contribution is 2.31. The van der Waals surface area contributed by atoms with Crippen LogP contribution in [0.15, 0.2) is 115 Å². The second kappa shape index (κ2) is 14.1. The van der Waals surface area contributed by atoms with Crippen molar-refractivity contribution in [3.63, 3.8) is 0 Å². The number of hydrogen-bond acceptors (Lipinski definition) is 5. The molecule has 3 heterocycles. The van der Waals surface area contributed by atoms with Crippen LogP contribution in [0.2, 0.25) is 0 Å². The second-order valence-corrected chi connectivity index (χ2v) is 12.4. The average Bonchev–Trinajstić information content (AvgIpc) is 3.08. The van der Waals surface area contributed by atoms with Gasteiger partial charge in [-0.3, -0.25) is 9.88 Å². The van der Waals surface area contributed by atoms with E-state index in [1.54, 1.807) is 13.2 Å². The zero-order valence-electron chi connectivity index (χ0n) is 26.5. The summed E-state index contributed by atoms with van der Waals surface area (Å²) in [4.78, 5) is 9.87. The zero-order chi connectivity index (χ0) is 31.2. The molecule has 0 amide bonds. The van der Waals surface area contributed by atoms with Crippen LogP contribution < -0.4 is 15.0 Å². The number of anilines is 1. The summed E-state index contributed by atoms with van der Waals surface area (Å²) in [5, 5.41) is 3.30. The second-order valence-electron chi connectivity index (χ2n) is 12.4. The van der Waals surface area contributed by atoms with Crippen molar-refractivity contribution < 1.29 is 9.13 Å². The lowest BCUT2D eigenvalue weighted by molar-refractivity contribution is 0.224. The Hall–Kier alpha value is -4.42. The monoisotopic (exact) mass is 602 g/mol. The van der Waals surface area contributed by atoms with Crippen LogP contribution >= 0.6 is 0 Å². The van der Waals surface area contributed by atoms with Gasteiger partial charge in [0.25, 0.3) is 0 Å². The Morgan fingerprint density at radius 1 is 0.978 bits per heavy atom. The van der Waals surface area contributed by atoms with E-state index in [9.17, 15) is 4.39 Å². The number of hydrogen-bond donors (Lipinski definition) is 1. The van der Waals surface area contributed by atoms with Gasteiger partial charge in [0.15, 0.2) is 0 Å². The van der Waals surface area contributed by atoms with Gasteiger partial charge in [-0.1, -0.05) is 62.4 Å². The number of likely N-dealkylation sites (tertiary alicyclic amines) is 1. The third-order valence-electron chi connectivity index (χ3n) is 9.04. The van der Waals surface area contributed by atoms with E-state index in [-0.39, 0.29) is 11.9 Å². The summed E-state index contributed by atoms with van der Waals surface area (Å²) in [7, 11) is 1.71. The molecule has 0 saturated carbocycles. The molecule has 4 aromatic rings. The molecule has 2 aliphatic heterocycles. The van der Waals surface area contributed by atoms with E-state index in [4.69, 9.17) is 9.72 Å². The Bertz CT molecular complexity index is 1640. The molecule has 0 radical (unpaired) electrons. The predicted octanol–water partition coefficient (Wildman–Crippen LogP) is 8.28. The standard InChI is InChI=1S/C39H43FN4O/c1-28(2)34-8-4-5-9-35(34)38-25-30(17-21-41-38)27-44(31-12-14-33(45-3)15-13-31)32-18-22-43(23-19-32)26-29-16-20-42-39(24-29)36-10-6-7-11-37(36)40/h4-17,20-21,24-25,28,32,39,42H,18-19,22-23,26-27H2,1-3H3. The van der Waals surface area contributed by atoms with Gasteiger partial charge in [-0.15, -0.1) is 0 Å². The van der Waals surface area contributed by atoms with Gasteiger partial charge >= 0.3 is 0 Å². The number of rotatable bonds is 10. The van der Waals surface area contributed by atoms with Gasteiger partial charge in [0.1, 0.15) is 11.6 Å². The van der Waals surface area contributed by atoms with Gasteiger partial charge in [-0.2, -0.15) is 0 Å². The van der Waals surface area contributed by atoms with Crippen LogP contribution in [-0.2, 0) is 6.54 Å². The van der Waals surface area contributed by atoms with Crippen LogP contribution in [-0.4, -0.2) is 42.7 Å². The van der Waals surface area contributed by atoms with Crippen molar-refractivity contribution in [2.75, 3.05) is 31.6 Å². The first-order valence-corrected chi connectivity index (χ1v) is 16.0. The van der Waals surface area contributed by atoms with E-state index in [0.29, 0.717) is 17.5 Å². The summed E-state index contributed by atoms with van der Waals surface area (Å²) in [5.41, 5.74) is 7.91. The molecule has 2 aliphatic rings. The molecule has 232 valence electrons. The van der Waals surface area contributed by atoms with Gasteiger partial charge < -0.3 is 15.0 Å². The van der Waals surface area contributed by atoms with Crippen molar-refractivity contribution >= 4 is 5.69 Å². The summed E-state index contributed by atoms with van der Waals surface area (Å²) in [6.45, 7) is 8.15. The molecule has 45 heavy (non-hydrogen) atoms. The van der Waals surface area contributed by atoms with Crippen molar-refractivity contribution in [1.29, 1.82) is 0 Å². The highest BCUT2D eigenvalue weighted by Gasteiger charge is 2.26. The minimum Gasteiger partial charge on any atom is -0.497 e. The Morgan fingerprint density at radius 3 is 2.49 bits per heavy atom. The molecule has 6 heteroatoms. The van der Waals surface area contributed by atoms with E-state index in [1.165, 1.54) is 34.0 Å². The van der Waals surface area contributed by atoms with E-state index >= 15 is 0 Å². The molecule has 1 saturated heterocycles. The van der Waals surface area contributed by atoms with Crippen LogP contribution in [0.25, 0.3) is 11.3 Å². The number of dihydropyridines is 1. The zero-order valence-corrected chi connectivity index (χ0v) is 26.5. The number of pyridine rings is 1. The molecule has 0 spiro atoms. The molecule has 1 atom stereocenters. The Balaban J connectivity index is 1.18. The fraction of sp³-hybridized carbons (Fsp3) is 0.308. The first-order valence-electron chi connectivity index (χ1n) is 16.0. The van der Waals surface area contributed by atoms with Gasteiger partial charge in [-0.05, 0) is 90.2 Å². The molecule has 3 aromatic carbocycles. The molecule has 1 N–H and O–H groups in total. The fourth-order valence-electron chi connectivity index (χ4n) is 6.59. The molecule has 6 rings (SSSR count). The third kappa shape index (κ3) is 7.29. The van der Waals surface area contributed by atoms with Crippen LogP contribution in [0.4, 0.5) is 10.1 Å². The van der Waals surface area contributed by atoms with E-state index in [2.05, 4.69) is 102 Å². The van der Waals surface area contributed by atoms with Crippen LogP contribution in [0.3, 0.4) is 0 Å². The number of nitrogens with one attached hydrogen (secondary N) is 1. The average molecular weight is 603 g/mol. The summed E-state index contributed by atoms with van der Waals surface area (Å²) >= 11 is 0. The lowest BCUT2D eigenvalue weighted by Crippen LogP contribution is -2.45. The minimum atomic E-state index is -0.175. The normalized spacial score (nSPS) is 17.2. The molecule has 0 bridgehead atoms. The molecule has 1 aromatic heterocycles. The maximum Gasteiger partial charge on any atom is 0.128 e. The number of nitrogens with zero attached hydrogens (tertiary/aromatic N) is 3. The number of halogens is 1. The Morgan fingerprint density at radius 2 is 1.73 bits per heavy atom. The maximum atomic E-state index is 14.5. The summed E-state index contributed by atoms with van der Waals surface area (Å²) in [6.07, 6.45) is 10.3. The van der Waals surface area contributed by atoms with Crippen LogP contribution in [0, 0.1) is 5.82 Å². The molecule has 1 fully saturated rings. The van der Waals surface area contributed by atoms with Gasteiger partial charge in [0.2, 0.25) is 0 Å². The van der Waals surface area contributed by atoms with Crippen LogP contribution in [0.1, 0.15) is 55.3 Å². The first-order chi connectivity index (χ1) is 22.0. The van der Waals surface area contributed by atoms with Crippen molar-refractivity contribution in [2.45, 2.75) is 51.2 Å². The number of benzene rings is 3. The van der Waals surface area contributed by atoms with E-state index < -0.39 is 0 Å². The molecule has 5 nitrogen and oxygen atoms in total. The Kier molecular flexibility index (Phi) is 9.61. The lowest BCUT2D eigenvalue weighted by Gasteiger charge is -2.40. The Labute approximate surface area is 267 Å².